The fraction of sp³-hybridized carbons (Fsp3) is 0.0909. The van der Waals surface area contributed by atoms with Crippen molar-refractivity contribution >= 4 is 17.3 Å². The van der Waals surface area contributed by atoms with Crippen LogP contribution >= 0.6 is 11.6 Å². The normalized spacial score (nSPS) is 10.3. The third-order valence-electron chi connectivity index (χ3n) is 1.99. The second-order valence-electron chi connectivity index (χ2n) is 3.11. The molecule has 0 aliphatic rings. The molecular formula is C11H9ClFNO. The first kappa shape index (κ1) is 10.1. The lowest BCUT2D eigenvalue weighted by atomic mass is 10.3. The van der Waals surface area contributed by atoms with Crippen molar-refractivity contribution in [3.63, 3.8) is 0 Å². The number of furan rings is 1. The molecule has 0 radical (unpaired) electrons. The van der Waals surface area contributed by atoms with Gasteiger partial charge in [-0.25, -0.2) is 4.39 Å². The molecule has 0 spiro atoms. The van der Waals surface area contributed by atoms with Crippen molar-refractivity contribution in [2.24, 2.45) is 0 Å². The average molecular weight is 226 g/mol. The maximum atomic E-state index is 12.7. The summed E-state index contributed by atoms with van der Waals surface area (Å²) in [7, 11) is 0. The minimum absolute atomic E-state index is 0.339. The summed E-state index contributed by atoms with van der Waals surface area (Å²) >= 11 is 5.84. The van der Waals surface area contributed by atoms with Crippen LogP contribution < -0.4 is 5.32 Å². The van der Waals surface area contributed by atoms with Crippen LogP contribution in [-0.4, -0.2) is 0 Å². The number of hydrogen-bond acceptors (Lipinski definition) is 2. The van der Waals surface area contributed by atoms with Crippen LogP contribution in [0.25, 0.3) is 0 Å². The Balaban J connectivity index is 2.05. The number of rotatable bonds is 3. The highest BCUT2D eigenvalue weighted by Gasteiger charge is 2.01. The van der Waals surface area contributed by atoms with Crippen molar-refractivity contribution in [2.75, 3.05) is 5.32 Å². The van der Waals surface area contributed by atoms with Gasteiger partial charge in [0, 0.05) is 12.1 Å². The lowest BCUT2D eigenvalue weighted by Gasteiger charge is -2.06. The molecule has 0 aliphatic heterocycles. The first-order valence-electron chi connectivity index (χ1n) is 4.46. The lowest BCUT2D eigenvalue weighted by molar-refractivity contribution is 0.564. The molecule has 1 aromatic carbocycles. The maximum Gasteiger partial charge on any atom is 0.124 e. The Labute approximate surface area is 91.7 Å². The van der Waals surface area contributed by atoms with E-state index in [1.165, 1.54) is 12.1 Å². The minimum atomic E-state index is -0.339. The topological polar surface area (TPSA) is 25.2 Å². The van der Waals surface area contributed by atoms with E-state index >= 15 is 0 Å². The number of benzene rings is 1. The molecule has 0 saturated heterocycles. The third kappa shape index (κ3) is 2.50. The molecule has 0 saturated carbocycles. The molecule has 0 aliphatic carbocycles. The molecule has 0 bridgehead atoms. The Morgan fingerprint density at radius 2 is 2.20 bits per heavy atom. The van der Waals surface area contributed by atoms with E-state index < -0.39 is 0 Å². The van der Waals surface area contributed by atoms with Gasteiger partial charge in [0.1, 0.15) is 5.82 Å². The number of halogens is 2. The van der Waals surface area contributed by atoms with Gasteiger partial charge in [-0.05, 0) is 24.3 Å². The van der Waals surface area contributed by atoms with Crippen LogP contribution in [0.15, 0.2) is 41.2 Å². The van der Waals surface area contributed by atoms with E-state index in [0.717, 1.165) is 5.56 Å². The van der Waals surface area contributed by atoms with Crippen LogP contribution in [0, 0.1) is 5.82 Å². The second kappa shape index (κ2) is 4.36. The van der Waals surface area contributed by atoms with Gasteiger partial charge in [0.25, 0.3) is 0 Å². The molecule has 78 valence electrons. The Bertz CT molecular complexity index is 442. The molecule has 15 heavy (non-hydrogen) atoms. The molecule has 1 N–H and O–H groups in total. The van der Waals surface area contributed by atoms with Crippen molar-refractivity contribution in [3.05, 3.63) is 53.2 Å². The zero-order valence-electron chi connectivity index (χ0n) is 7.84. The summed E-state index contributed by atoms with van der Waals surface area (Å²) in [5.74, 6) is -0.339. The van der Waals surface area contributed by atoms with Gasteiger partial charge in [-0.2, -0.15) is 0 Å². The standard InChI is InChI=1S/C11H9ClFNO/c12-10-5-9(13)1-2-11(10)14-6-8-3-4-15-7-8/h1-5,7,14H,6H2. The van der Waals surface area contributed by atoms with Crippen LogP contribution in [0.2, 0.25) is 5.02 Å². The van der Waals surface area contributed by atoms with Gasteiger partial charge >= 0.3 is 0 Å². The highest BCUT2D eigenvalue weighted by atomic mass is 35.5. The van der Waals surface area contributed by atoms with Crippen LogP contribution in [0.5, 0.6) is 0 Å². The Kier molecular flexibility index (Phi) is 2.92. The molecule has 0 atom stereocenters. The predicted molar refractivity (Wildman–Crippen MR) is 57.4 cm³/mol. The summed E-state index contributed by atoms with van der Waals surface area (Å²) in [4.78, 5) is 0. The Morgan fingerprint density at radius 1 is 1.33 bits per heavy atom. The van der Waals surface area contributed by atoms with Gasteiger partial charge < -0.3 is 9.73 Å². The zero-order valence-corrected chi connectivity index (χ0v) is 8.59. The quantitative estimate of drug-likeness (QED) is 0.862. The largest absolute Gasteiger partial charge is 0.472 e. The summed E-state index contributed by atoms with van der Waals surface area (Å²) in [6.45, 7) is 0.599. The first-order valence-corrected chi connectivity index (χ1v) is 4.83. The van der Waals surface area contributed by atoms with Gasteiger partial charge in [-0.3, -0.25) is 0 Å². The van der Waals surface area contributed by atoms with Gasteiger partial charge in [0.15, 0.2) is 0 Å². The monoisotopic (exact) mass is 225 g/mol. The fourth-order valence-corrected chi connectivity index (χ4v) is 1.46. The SMILES string of the molecule is Fc1ccc(NCc2ccoc2)c(Cl)c1. The molecule has 1 heterocycles. The number of hydrogen-bond donors (Lipinski definition) is 1. The van der Waals surface area contributed by atoms with Crippen molar-refractivity contribution in [3.8, 4) is 0 Å². The van der Waals surface area contributed by atoms with Gasteiger partial charge in [-0.15, -0.1) is 0 Å². The smallest absolute Gasteiger partial charge is 0.124 e. The van der Waals surface area contributed by atoms with Crippen molar-refractivity contribution in [2.45, 2.75) is 6.54 Å². The van der Waals surface area contributed by atoms with Gasteiger partial charge in [0.2, 0.25) is 0 Å². The highest BCUT2D eigenvalue weighted by Crippen LogP contribution is 2.22. The molecule has 0 amide bonds. The van der Waals surface area contributed by atoms with E-state index in [0.29, 0.717) is 17.3 Å². The number of anilines is 1. The molecule has 0 unspecified atom stereocenters. The minimum Gasteiger partial charge on any atom is -0.472 e. The van der Waals surface area contributed by atoms with Crippen LogP contribution in [0.3, 0.4) is 0 Å². The Morgan fingerprint density at radius 3 is 2.87 bits per heavy atom. The molecule has 1 aromatic heterocycles. The predicted octanol–water partition coefficient (Wildman–Crippen LogP) is 3.68. The molecule has 2 nitrogen and oxygen atoms in total. The van der Waals surface area contributed by atoms with Gasteiger partial charge in [0.05, 0.1) is 23.2 Å². The summed E-state index contributed by atoms with van der Waals surface area (Å²) < 4.78 is 17.7. The Hall–Kier alpha value is -1.48. The maximum absolute atomic E-state index is 12.7. The van der Waals surface area contributed by atoms with Crippen molar-refractivity contribution in [1.82, 2.24) is 0 Å². The molecule has 2 aromatic rings. The molecule has 0 fully saturated rings. The van der Waals surface area contributed by atoms with E-state index in [1.807, 2.05) is 6.07 Å². The number of nitrogens with one attached hydrogen (secondary N) is 1. The van der Waals surface area contributed by atoms with E-state index in [-0.39, 0.29) is 5.82 Å². The summed E-state index contributed by atoms with van der Waals surface area (Å²) in [6, 6.07) is 6.10. The molecule has 4 heteroatoms. The van der Waals surface area contributed by atoms with Crippen LogP contribution in [-0.2, 0) is 6.54 Å². The van der Waals surface area contributed by atoms with E-state index in [9.17, 15) is 4.39 Å². The van der Waals surface area contributed by atoms with E-state index in [1.54, 1.807) is 18.6 Å². The third-order valence-corrected chi connectivity index (χ3v) is 2.31. The van der Waals surface area contributed by atoms with Gasteiger partial charge in [-0.1, -0.05) is 11.6 Å². The van der Waals surface area contributed by atoms with Crippen molar-refractivity contribution < 1.29 is 8.81 Å². The van der Waals surface area contributed by atoms with Crippen LogP contribution in [0.4, 0.5) is 10.1 Å². The highest BCUT2D eigenvalue weighted by molar-refractivity contribution is 6.33. The zero-order chi connectivity index (χ0) is 10.7. The molecule has 2 rings (SSSR count). The average Bonchev–Trinajstić information content (AvgIpc) is 2.69. The first-order chi connectivity index (χ1) is 7.25. The summed E-state index contributed by atoms with van der Waals surface area (Å²) in [5, 5.41) is 3.46. The van der Waals surface area contributed by atoms with E-state index in [4.69, 9.17) is 16.0 Å². The van der Waals surface area contributed by atoms with Crippen LogP contribution in [0.1, 0.15) is 5.56 Å². The lowest BCUT2D eigenvalue weighted by Crippen LogP contribution is -1.98. The van der Waals surface area contributed by atoms with Crippen molar-refractivity contribution in [1.29, 1.82) is 0 Å². The van der Waals surface area contributed by atoms with E-state index in [2.05, 4.69) is 5.32 Å². The molecular weight excluding hydrogens is 217 g/mol. The fourth-order valence-electron chi connectivity index (χ4n) is 1.22. The second-order valence-corrected chi connectivity index (χ2v) is 3.52. The summed E-state index contributed by atoms with van der Waals surface area (Å²) in [5.41, 5.74) is 1.72. The summed E-state index contributed by atoms with van der Waals surface area (Å²) in [6.07, 6.45) is 3.24.